The van der Waals surface area contributed by atoms with Crippen LogP contribution in [0.4, 0.5) is 0 Å². The summed E-state index contributed by atoms with van der Waals surface area (Å²) in [6.07, 6.45) is 2.17. The maximum atomic E-state index is 12.3. The number of amides is 1. The smallest absolute Gasteiger partial charge is 0.222 e. The van der Waals surface area contributed by atoms with E-state index in [4.69, 9.17) is 10.5 Å². The van der Waals surface area contributed by atoms with Crippen molar-refractivity contribution in [3.63, 3.8) is 0 Å². The fourth-order valence-corrected chi connectivity index (χ4v) is 2.87. The molecule has 0 aliphatic carbocycles. The van der Waals surface area contributed by atoms with E-state index in [9.17, 15) is 4.79 Å². The van der Waals surface area contributed by atoms with Gasteiger partial charge in [0.2, 0.25) is 5.91 Å². The number of carbonyl (C=O) groups excluding carboxylic acids is 1. The maximum Gasteiger partial charge on any atom is 0.222 e. The highest BCUT2D eigenvalue weighted by Gasteiger charge is 2.34. The molecule has 1 aliphatic heterocycles. The molecule has 2 N–H and O–H groups in total. The quantitative estimate of drug-likeness (QED) is 0.838. The third-order valence-electron chi connectivity index (χ3n) is 4.55. The van der Waals surface area contributed by atoms with Crippen LogP contribution in [0.3, 0.4) is 0 Å². The number of benzene rings is 1. The van der Waals surface area contributed by atoms with Gasteiger partial charge < -0.3 is 15.4 Å². The molecule has 1 fully saturated rings. The predicted octanol–water partition coefficient (Wildman–Crippen LogP) is 3.16. The molecule has 0 saturated carbocycles. The van der Waals surface area contributed by atoms with Crippen LogP contribution in [0.5, 0.6) is 5.75 Å². The zero-order valence-corrected chi connectivity index (χ0v) is 15.2. The number of para-hydroxylation sites is 1. The number of piperidine rings is 1. The Kier molecular flexibility index (Phi) is 7.36. The number of hydrogen-bond acceptors (Lipinski definition) is 3. The van der Waals surface area contributed by atoms with Crippen LogP contribution in [0.15, 0.2) is 24.3 Å². The van der Waals surface area contributed by atoms with E-state index < -0.39 is 0 Å². The van der Waals surface area contributed by atoms with Gasteiger partial charge in [-0.2, -0.15) is 0 Å². The summed E-state index contributed by atoms with van der Waals surface area (Å²) in [6, 6.07) is 8.13. The van der Waals surface area contributed by atoms with Crippen LogP contribution in [0.2, 0.25) is 0 Å². The number of nitrogens with two attached hydrogens (primary N) is 1. The van der Waals surface area contributed by atoms with Crippen molar-refractivity contribution in [3.8, 4) is 5.75 Å². The van der Waals surface area contributed by atoms with Gasteiger partial charge in [-0.05, 0) is 36.8 Å². The first-order chi connectivity index (χ1) is 10.4. The number of carbonyl (C=O) groups is 1. The summed E-state index contributed by atoms with van der Waals surface area (Å²) in [6.45, 7) is 8.41. The number of ether oxygens (including phenoxy) is 1. The van der Waals surface area contributed by atoms with Gasteiger partial charge in [-0.3, -0.25) is 4.79 Å². The van der Waals surface area contributed by atoms with E-state index in [1.54, 1.807) is 0 Å². The number of hydrogen-bond donors (Lipinski definition) is 1. The van der Waals surface area contributed by atoms with E-state index in [1.165, 1.54) is 0 Å². The molecule has 23 heavy (non-hydrogen) atoms. The molecule has 0 radical (unpaired) electrons. The first-order valence-corrected chi connectivity index (χ1v) is 8.12. The average molecular weight is 341 g/mol. The zero-order chi connectivity index (χ0) is 16.2. The average Bonchev–Trinajstić information content (AvgIpc) is 2.48. The van der Waals surface area contributed by atoms with E-state index in [0.717, 1.165) is 37.2 Å². The molecule has 1 aliphatic rings. The number of halogens is 1. The Morgan fingerprint density at radius 3 is 2.74 bits per heavy atom. The minimum absolute atomic E-state index is 0. The van der Waals surface area contributed by atoms with Gasteiger partial charge in [-0.25, -0.2) is 0 Å². The van der Waals surface area contributed by atoms with Crippen LogP contribution < -0.4 is 10.5 Å². The third-order valence-corrected chi connectivity index (χ3v) is 4.55. The van der Waals surface area contributed by atoms with Crippen LogP contribution in [-0.4, -0.2) is 36.5 Å². The van der Waals surface area contributed by atoms with Gasteiger partial charge >= 0.3 is 0 Å². The van der Waals surface area contributed by atoms with Crippen molar-refractivity contribution in [2.45, 2.75) is 46.1 Å². The molecule has 130 valence electrons. The van der Waals surface area contributed by atoms with E-state index in [1.807, 2.05) is 36.1 Å². The Morgan fingerprint density at radius 1 is 1.39 bits per heavy atom. The van der Waals surface area contributed by atoms with Crippen LogP contribution in [0.1, 0.15) is 38.7 Å². The van der Waals surface area contributed by atoms with Gasteiger partial charge in [0.15, 0.2) is 0 Å². The molecule has 1 saturated heterocycles. The standard InChI is InChI=1S/C18H28N2O2.ClH/c1-14-7-4-5-8-15(14)22-12-6-9-17(21)20-11-10-16(19)18(2,3)13-20;/h4-5,7-8,16H,6,9-13,19H2,1-3H3;1H. The molecule has 1 heterocycles. The molecular formula is C18H29ClN2O2. The molecule has 1 atom stereocenters. The number of nitrogens with zero attached hydrogens (tertiary/aromatic N) is 1. The Balaban J connectivity index is 0.00000264. The molecular weight excluding hydrogens is 312 g/mol. The lowest BCUT2D eigenvalue weighted by Gasteiger charge is -2.42. The molecule has 0 spiro atoms. The summed E-state index contributed by atoms with van der Waals surface area (Å²) >= 11 is 0. The summed E-state index contributed by atoms with van der Waals surface area (Å²) in [5.41, 5.74) is 7.25. The second kappa shape index (κ2) is 8.55. The second-order valence-corrected chi connectivity index (χ2v) is 6.92. The lowest BCUT2D eigenvalue weighted by atomic mass is 9.79. The molecule has 4 nitrogen and oxygen atoms in total. The number of aryl methyl sites for hydroxylation is 1. The third kappa shape index (κ3) is 5.40. The molecule has 5 heteroatoms. The van der Waals surface area contributed by atoms with E-state index >= 15 is 0 Å². The maximum absolute atomic E-state index is 12.3. The molecule has 0 bridgehead atoms. The Bertz CT molecular complexity index is 519. The minimum Gasteiger partial charge on any atom is -0.493 e. The van der Waals surface area contributed by atoms with Crippen LogP contribution in [0, 0.1) is 12.3 Å². The van der Waals surface area contributed by atoms with Gasteiger partial charge in [-0.1, -0.05) is 32.0 Å². The Morgan fingerprint density at radius 2 is 2.09 bits per heavy atom. The summed E-state index contributed by atoms with van der Waals surface area (Å²) in [5.74, 6) is 1.12. The van der Waals surface area contributed by atoms with Crippen molar-refractivity contribution in [2.75, 3.05) is 19.7 Å². The lowest BCUT2D eigenvalue weighted by Crippen LogP contribution is -2.54. The molecule has 0 aromatic heterocycles. The van der Waals surface area contributed by atoms with Crippen molar-refractivity contribution in [1.29, 1.82) is 0 Å². The van der Waals surface area contributed by atoms with Crippen LogP contribution in [-0.2, 0) is 4.79 Å². The molecule has 1 aromatic carbocycles. The molecule has 1 unspecified atom stereocenters. The highest BCUT2D eigenvalue weighted by Crippen LogP contribution is 2.28. The lowest BCUT2D eigenvalue weighted by molar-refractivity contribution is -0.134. The van der Waals surface area contributed by atoms with Gasteiger partial charge in [0, 0.05) is 25.6 Å². The van der Waals surface area contributed by atoms with E-state index in [2.05, 4.69) is 13.8 Å². The summed E-state index contributed by atoms with van der Waals surface area (Å²) < 4.78 is 5.74. The van der Waals surface area contributed by atoms with Gasteiger partial charge in [0.25, 0.3) is 0 Å². The first kappa shape index (κ1) is 19.8. The van der Waals surface area contributed by atoms with Crippen LogP contribution in [0.25, 0.3) is 0 Å². The van der Waals surface area contributed by atoms with Crippen molar-refractivity contribution in [3.05, 3.63) is 29.8 Å². The minimum atomic E-state index is 0. The number of rotatable bonds is 5. The monoisotopic (exact) mass is 340 g/mol. The predicted molar refractivity (Wildman–Crippen MR) is 96.1 cm³/mol. The van der Waals surface area contributed by atoms with Gasteiger partial charge in [0.05, 0.1) is 6.61 Å². The number of likely N-dealkylation sites (tertiary alicyclic amines) is 1. The Hall–Kier alpha value is -1.26. The molecule has 1 amide bonds. The SMILES string of the molecule is Cc1ccccc1OCCCC(=O)N1CCC(N)C(C)(C)C1.Cl. The Labute approximate surface area is 145 Å². The summed E-state index contributed by atoms with van der Waals surface area (Å²) in [5, 5.41) is 0. The van der Waals surface area contributed by atoms with E-state index in [0.29, 0.717) is 13.0 Å². The van der Waals surface area contributed by atoms with Crippen molar-refractivity contribution >= 4 is 18.3 Å². The van der Waals surface area contributed by atoms with Crippen LogP contribution >= 0.6 is 12.4 Å². The van der Waals surface area contributed by atoms with E-state index in [-0.39, 0.29) is 29.8 Å². The fraction of sp³-hybridized carbons (Fsp3) is 0.611. The normalized spacial score (nSPS) is 19.8. The van der Waals surface area contributed by atoms with Gasteiger partial charge in [0.1, 0.15) is 5.75 Å². The highest BCUT2D eigenvalue weighted by molar-refractivity contribution is 5.85. The topological polar surface area (TPSA) is 55.6 Å². The summed E-state index contributed by atoms with van der Waals surface area (Å²) in [4.78, 5) is 14.3. The zero-order valence-electron chi connectivity index (χ0n) is 14.4. The fourth-order valence-electron chi connectivity index (χ4n) is 2.87. The van der Waals surface area contributed by atoms with Crippen molar-refractivity contribution in [1.82, 2.24) is 4.90 Å². The van der Waals surface area contributed by atoms with Gasteiger partial charge in [-0.15, -0.1) is 12.4 Å². The highest BCUT2D eigenvalue weighted by atomic mass is 35.5. The van der Waals surface area contributed by atoms with Crippen molar-refractivity contribution < 1.29 is 9.53 Å². The summed E-state index contributed by atoms with van der Waals surface area (Å²) in [7, 11) is 0. The molecule has 2 rings (SSSR count). The molecule has 1 aromatic rings. The van der Waals surface area contributed by atoms with Crippen molar-refractivity contribution in [2.24, 2.45) is 11.1 Å². The largest absolute Gasteiger partial charge is 0.493 e. The first-order valence-electron chi connectivity index (χ1n) is 8.12. The second-order valence-electron chi connectivity index (χ2n) is 6.92.